The highest BCUT2D eigenvalue weighted by molar-refractivity contribution is 7.21. The van der Waals surface area contributed by atoms with E-state index in [9.17, 15) is 14.4 Å². The van der Waals surface area contributed by atoms with Crippen molar-refractivity contribution < 1.29 is 19.1 Å². The molecule has 1 N–H and O–H groups in total. The molecule has 5 aromatic rings. The summed E-state index contributed by atoms with van der Waals surface area (Å²) in [4.78, 5) is 60.3. The topological polar surface area (TPSA) is 140 Å². The summed E-state index contributed by atoms with van der Waals surface area (Å²) in [5.41, 5.74) is 2.90. The summed E-state index contributed by atoms with van der Waals surface area (Å²) in [5, 5.41) is 4.63. The number of likely N-dealkylation sites (N-methyl/N-ethyl adjacent to an activating group) is 1. The van der Waals surface area contributed by atoms with Crippen molar-refractivity contribution >= 4 is 67.3 Å². The number of aromatic nitrogens is 5. The predicted molar refractivity (Wildman–Crippen MR) is 188 cm³/mol. The molecule has 7 heterocycles. The van der Waals surface area contributed by atoms with Gasteiger partial charge in [-0.1, -0.05) is 12.2 Å². The zero-order valence-corrected chi connectivity index (χ0v) is 28.0. The van der Waals surface area contributed by atoms with Crippen LogP contribution in [0.3, 0.4) is 0 Å². The SMILES string of the molecule is CCOC(=O)c1sc2ccc(Nc3ncc4c(=O)n5n(c4n3)-c3cnc4c(c3)N(CCC/C=C\C5)C(=O)CO4)cc2c1N1CCN(C)CC1. The number of thiophene rings is 1. The van der Waals surface area contributed by atoms with Crippen molar-refractivity contribution in [3.8, 4) is 11.6 Å². The average molecular weight is 682 g/mol. The Morgan fingerprint density at radius 2 is 1.90 bits per heavy atom. The van der Waals surface area contributed by atoms with Crippen LogP contribution in [-0.2, 0) is 16.1 Å². The lowest BCUT2D eigenvalue weighted by atomic mass is 10.1. The first-order valence-electron chi connectivity index (χ1n) is 16.4. The number of hydrogen-bond acceptors (Lipinski definition) is 12. The molecule has 4 aromatic heterocycles. The Hall–Kier alpha value is -5.28. The van der Waals surface area contributed by atoms with Crippen molar-refractivity contribution in [1.82, 2.24) is 29.2 Å². The molecule has 252 valence electrons. The van der Waals surface area contributed by atoms with Crippen molar-refractivity contribution in [3.05, 3.63) is 64.0 Å². The number of carbonyl (C=O) groups excluding carboxylic acids is 2. The highest BCUT2D eigenvalue weighted by Crippen LogP contribution is 2.41. The number of nitrogens with one attached hydrogen (secondary N) is 1. The highest BCUT2D eigenvalue weighted by Gasteiger charge is 2.29. The van der Waals surface area contributed by atoms with E-state index >= 15 is 0 Å². The predicted octanol–water partition coefficient (Wildman–Crippen LogP) is 3.94. The first-order valence-corrected chi connectivity index (χ1v) is 17.2. The van der Waals surface area contributed by atoms with Gasteiger partial charge >= 0.3 is 5.97 Å². The number of anilines is 4. The van der Waals surface area contributed by atoms with Gasteiger partial charge in [-0.25, -0.2) is 24.1 Å². The molecule has 1 saturated heterocycles. The van der Waals surface area contributed by atoms with E-state index in [2.05, 4.69) is 32.1 Å². The number of ether oxygens (including phenoxy) is 2. The van der Waals surface area contributed by atoms with E-state index in [-0.39, 0.29) is 24.0 Å². The fourth-order valence-electron chi connectivity index (χ4n) is 6.58. The van der Waals surface area contributed by atoms with Gasteiger partial charge in [0.05, 0.1) is 30.7 Å². The van der Waals surface area contributed by atoms with Gasteiger partial charge in [-0.15, -0.1) is 11.3 Å². The number of fused-ring (bicyclic) bond motifs is 6. The number of rotatable bonds is 5. The van der Waals surface area contributed by atoms with Crippen LogP contribution in [0, 0.1) is 0 Å². The second-order valence-electron chi connectivity index (χ2n) is 12.2. The number of hydrogen-bond donors (Lipinski definition) is 1. The van der Waals surface area contributed by atoms with Gasteiger partial charge in [0.2, 0.25) is 11.8 Å². The largest absolute Gasteiger partial charge is 0.466 e. The van der Waals surface area contributed by atoms with E-state index in [0.29, 0.717) is 58.8 Å². The summed E-state index contributed by atoms with van der Waals surface area (Å²) in [7, 11) is 2.10. The Labute approximate surface area is 285 Å². The summed E-state index contributed by atoms with van der Waals surface area (Å²) in [6.45, 7) is 6.29. The maximum Gasteiger partial charge on any atom is 0.350 e. The average Bonchev–Trinajstić information content (AvgIpc) is 3.61. The number of amides is 1. The van der Waals surface area contributed by atoms with Crippen molar-refractivity contribution in [2.45, 2.75) is 26.3 Å². The van der Waals surface area contributed by atoms with Crippen LogP contribution >= 0.6 is 11.3 Å². The Morgan fingerprint density at radius 1 is 1.04 bits per heavy atom. The van der Waals surface area contributed by atoms with E-state index in [1.54, 1.807) is 20.5 Å². The molecular formula is C34H35N9O5S. The van der Waals surface area contributed by atoms with Crippen molar-refractivity contribution in [2.24, 2.45) is 0 Å². The summed E-state index contributed by atoms with van der Waals surface area (Å²) >= 11 is 1.43. The summed E-state index contributed by atoms with van der Waals surface area (Å²) in [6.07, 6.45) is 8.65. The minimum atomic E-state index is -0.319. The smallest absolute Gasteiger partial charge is 0.350 e. The number of esters is 1. The van der Waals surface area contributed by atoms with Gasteiger partial charge < -0.3 is 29.5 Å². The van der Waals surface area contributed by atoms with Gasteiger partial charge in [-0.05, 0) is 51.1 Å². The Balaban J connectivity index is 1.21. The summed E-state index contributed by atoms with van der Waals surface area (Å²) < 4.78 is 15.4. The monoisotopic (exact) mass is 681 g/mol. The molecule has 0 spiro atoms. The molecule has 0 aliphatic carbocycles. The Bertz CT molecular complexity index is 2200. The quantitative estimate of drug-likeness (QED) is 0.213. The second-order valence-corrected chi connectivity index (χ2v) is 13.3. The zero-order valence-electron chi connectivity index (χ0n) is 27.2. The van der Waals surface area contributed by atoms with E-state index in [1.165, 1.54) is 17.5 Å². The lowest BCUT2D eigenvalue weighted by Gasteiger charge is -2.34. The van der Waals surface area contributed by atoms with Crippen molar-refractivity contribution in [3.63, 3.8) is 0 Å². The molecule has 8 rings (SSSR count). The second kappa shape index (κ2) is 12.6. The number of benzene rings is 1. The maximum absolute atomic E-state index is 13.7. The molecule has 3 aliphatic heterocycles. The van der Waals surface area contributed by atoms with Crippen LogP contribution in [-0.4, -0.2) is 94.1 Å². The number of allylic oxidation sites excluding steroid dienone is 2. The zero-order chi connectivity index (χ0) is 33.6. The first-order chi connectivity index (χ1) is 23.9. The molecule has 0 radical (unpaired) electrons. The van der Waals surface area contributed by atoms with Gasteiger partial charge in [0.15, 0.2) is 12.3 Å². The summed E-state index contributed by atoms with van der Waals surface area (Å²) in [6, 6.07) is 7.74. The molecule has 3 aliphatic rings. The van der Waals surface area contributed by atoms with Crippen LogP contribution in [0.15, 0.2) is 53.6 Å². The van der Waals surface area contributed by atoms with Crippen LogP contribution in [0.1, 0.15) is 29.4 Å². The van der Waals surface area contributed by atoms with E-state index in [0.717, 1.165) is 60.5 Å². The minimum absolute atomic E-state index is 0.0627. The van der Waals surface area contributed by atoms with E-state index < -0.39 is 0 Å². The fourth-order valence-corrected chi connectivity index (χ4v) is 7.68. The number of pyridine rings is 1. The molecule has 1 aromatic carbocycles. The van der Waals surface area contributed by atoms with E-state index in [1.807, 2.05) is 43.3 Å². The lowest BCUT2D eigenvalue weighted by Crippen LogP contribution is -2.44. The number of piperazine rings is 1. The Morgan fingerprint density at radius 3 is 2.73 bits per heavy atom. The molecule has 1 amide bonds. The van der Waals surface area contributed by atoms with Crippen LogP contribution in [0.25, 0.3) is 26.8 Å². The van der Waals surface area contributed by atoms with Crippen LogP contribution < -0.4 is 25.4 Å². The lowest BCUT2D eigenvalue weighted by molar-refractivity contribution is -0.121. The number of nitrogens with zero attached hydrogens (tertiary/aromatic N) is 8. The molecule has 1 fully saturated rings. The molecule has 14 nitrogen and oxygen atoms in total. The molecule has 15 heteroatoms. The highest BCUT2D eigenvalue weighted by atomic mass is 32.1. The molecular weight excluding hydrogens is 646 g/mol. The van der Waals surface area contributed by atoms with Crippen molar-refractivity contribution in [1.29, 1.82) is 0 Å². The standard InChI is InChI=1S/C34H35N9O5S/c1-3-47-33(46)29-28(40-14-12-39(2)13-15-40)23-16-21(8-9-26(23)49-29)37-34-36-19-24-30(38-34)43-22-17-25-31(35-18-22)48-20-27(44)41(25)10-6-4-5-7-11-42(43)32(24)45/h5,7-9,16-19H,3-4,6,10-15,20H2,1-2H3,(H,36,37,38)/b7-5-. The molecule has 0 atom stereocenters. The first kappa shape index (κ1) is 31.0. The third-order valence-electron chi connectivity index (χ3n) is 9.06. The third kappa shape index (κ3) is 5.57. The van der Waals surface area contributed by atoms with Crippen LogP contribution in [0.2, 0.25) is 0 Å². The van der Waals surface area contributed by atoms with Gasteiger partial charge in [0, 0.05) is 54.7 Å². The maximum atomic E-state index is 13.7. The molecule has 2 bridgehead atoms. The number of carbonyl (C=O) groups is 2. The van der Waals surface area contributed by atoms with Crippen molar-refractivity contribution in [2.75, 3.05) is 68.1 Å². The van der Waals surface area contributed by atoms with Gasteiger partial charge in [0.25, 0.3) is 11.5 Å². The van der Waals surface area contributed by atoms with E-state index in [4.69, 9.17) is 14.5 Å². The van der Waals surface area contributed by atoms with Gasteiger partial charge in [-0.3, -0.25) is 9.59 Å². The van der Waals surface area contributed by atoms with Gasteiger partial charge in [0.1, 0.15) is 16.0 Å². The van der Waals surface area contributed by atoms with Crippen LogP contribution in [0.5, 0.6) is 5.88 Å². The fraction of sp³-hybridized carbons (Fsp3) is 0.353. The third-order valence-corrected chi connectivity index (χ3v) is 10.2. The normalized spacial score (nSPS) is 17.3. The Kier molecular flexibility index (Phi) is 8.00. The molecule has 0 unspecified atom stereocenters. The molecule has 0 saturated carbocycles. The minimum Gasteiger partial charge on any atom is -0.466 e. The summed E-state index contributed by atoms with van der Waals surface area (Å²) in [5.74, 6) is 0.218. The van der Waals surface area contributed by atoms with Gasteiger partial charge in [-0.2, -0.15) is 4.98 Å². The molecule has 49 heavy (non-hydrogen) atoms. The van der Waals surface area contributed by atoms with Crippen LogP contribution in [0.4, 0.5) is 23.0 Å².